The van der Waals surface area contributed by atoms with Gasteiger partial charge in [-0.25, -0.2) is 8.42 Å². The van der Waals surface area contributed by atoms with Crippen LogP contribution >= 0.6 is 0 Å². The first kappa shape index (κ1) is 24.5. The van der Waals surface area contributed by atoms with Gasteiger partial charge in [0.05, 0.1) is 5.75 Å². The summed E-state index contributed by atoms with van der Waals surface area (Å²) in [4.78, 5) is 16.9. The Morgan fingerprint density at radius 3 is 2.34 bits per heavy atom. The van der Waals surface area contributed by atoms with Crippen molar-refractivity contribution in [2.75, 3.05) is 12.0 Å². The van der Waals surface area contributed by atoms with Gasteiger partial charge < -0.3 is 14.2 Å². The maximum Gasteiger partial charge on any atom is 0.297 e. The van der Waals surface area contributed by atoms with Crippen molar-refractivity contribution in [3.63, 3.8) is 0 Å². The Morgan fingerprint density at radius 1 is 1.00 bits per heavy atom. The SMILES string of the molecule is Cc1c(-c2ccccc2)noc1-c1nc(-c2ccc(C(C)(O)C(=O)CCCS(C)(=O)=O)cc2)no1. The Hall–Kier alpha value is -3.63. The van der Waals surface area contributed by atoms with Gasteiger partial charge in [0.25, 0.3) is 5.89 Å². The van der Waals surface area contributed by atoms with E-state index in [1.165, 1.54) is 6.92 Å². The third-order valence-electron chi connectivity index (χ3n) is 5.76. The number of aliphatic hydroxyl groups is 1. The minimum absolute atomic E-state index is 0.0441. The van der Waals surface area contributed by atoms with Crippen LogP contribution in [-0.4, -0.2) is 46.6 Å². The van der Waals surface area contributed by atoms with Crippen LogP contribution < -0.4 is 0 Å². The van der Waals surface area contributed by atoms with Crippen LogP contribution in [0.4, 0.5) is 0 Å². The third-order valence-corrected chi connectivity index (χ3v) is 6.79. The normalized spacial score (nSPS) is 13.5. The number of Topliss-reactive ketones (excluding diaryl/α,β-unsaturated/α-hetero) is 1. The predicted octanol–water partition coefficient (Wildman–Crippen LogP) is 3.97. The van der Waals surface area contributed by atoms with Gasteiger partial charge in [-0.1, -0.05) is 64.9 Å². The summed E-state index contributed by atoms with van der Waals surface area (Å²) in [6, 6.07) is 16.2. The number of hydrogen-bond donors (Lipinski definition) is 1. The van der Waals surface area contributed by atoms with E-state index in [2.05, 4.69) is 15.3 Å². The molecule has 0 bridgehead atoms. The maximum atomic E-state index is 12.5. The highest BCUT2D eigenvalue weighted by Gasteiger charge is 2.32. The number of ketones is 1. The van der Waals surface area contributed by atoms with Crippen molar-refractivity contribution in [1.82, 2.24) is 15.3 Å². The van der Waals surface area contributed by atoms with E-state index in [9.17, 15) is 18.3 Å². The lowest BCUT2D eigenvalue weighted by atomic mass is 9.89. The summed E-state index contributed by atoms with van der Waals surface area (Å²) < 4.78 is 33.4. The molecule has 0 aliphatic rings. The number of carbonyl (C=O) groups excluding carboxylic acids is 1. The van der Waals surface area contributed by atoms with E-state index in [1.54, 1.807) is 24.3 Å². The van der Waals surface area contributed by atoms with Crippen molar-refractivity contribution >= 4 is 15.6 Å². The average Bonchev–Trinajstić information content (AvgIpc) is 3.45. The van der Waals surface area contributed by atoms with Crippen LogP contribution in [0.3, 0.4) is 0 Å². The zero-order valence-electron chi connectivity index (χ0n) is 19.6. The zero-order chi connectivity index (χ0) is 25.2. The molecule has 1 atom stereocenters. The number of nitrogens with zero attached hydrogens (tertiary/aromatic N) is 3. The molecule has 1 N–H and O–H groups in total. The highest BCUT2D eigenvalue weighted by Crippen LogP contribution is 2.32. The summed E-state index contributed by atoms with van der Waals surface area (Å²) in [6.45, 7) is 3.26. The van der Waals surface area contributed by atoms with Crippen molar-refractivity contribution in [3.05, 3.63) is 65.7 Å². The van der Waals surface area contributed by atoms with Crippen LogP contribution in [0.25, 0.3) is 34.3 Å². The van der Waals surface area contributed by atoms with Gasteiger partial charge in [0, 0.05) is 29.4 Å². The second-order valence-corrected chi connectivity index (χ2v) is 10.8. The largest absolute Gasteiger partial charge is 0.378 e. The van der Waals surface area contributed by atoms with Crippen LogP contribution in [0, 0.1) is 6.92 Å². The minimum Gasteiger partial charge on any atom is -0.378 e. The Labute approximate surface area is 202 Å². The predicted molar refractivity (Wildman–Crippen MR) is 129 cm³/mol. The van der Waals surface area contributed by atoms with E-state index in [1.807, 2.05) is 37.3 Å². The molecule has 1 unspecified atom stereocenters. The molecular formula is C25H25N3O6S. The van der Waals surface area contributed by atoms with E-state index < -0.39 is 21.2 Å². The molecule has 182 valence electrons. The molecule has 0 fully saturated rings. The van der Waals surface area contributed by atoms with Gasteiger partial charge in [-0.2, -0.15) is 4.98 Å². The Kier molecular flexibility index (Phi) is 6.68. The van der Waals surface area contributed by atoms with Gasteiger partial charge in [0.15, 0.2) is 5.78 Å². The van der Waals surface area contributed by atoms with Gasteiger partial charge in [0.2, 0.25) is 11.6 Å². The minimum atomic E-state index is -3.17. The molecule has 0 aliphatic carbocycles. The van der Waals surface area contributed by atoms with Crippen molar-refractivity contribution in [1.29, 1.82) is 0 Å². The quantitative estimate of drug-likeness (QED) is 0.366. The van der Waals surface area contributed by atoms with Crippen LogP contribution in [-0.2, 0) is 20.2 Å². The zero-order valence-corrected chi connectivity index (χ0v) is 20.4. The maximum absolute atomic E-state index is 12.5. The lowest BCUT2D eigenvalue weighted by molar-refractivity contribution is -0.136. The Balaban J connectivity index is 1.50. The van der Waals surface area contributed by atoms with Crippen molar-refractivity contribution in [2.24, 2.45) is 0 Å². The number of rotatable bonds is 9. The summed E-state index contributed by atoms with van der Waals surface area (Å²) in [5, 5.41) is 18.9. The summed E-state index contributed by atoms with van der Waals surface area (Å²) in [6.07, 6.45) is 1.23. The molecule has 2 heterocycles. The van der Waals surface area contributed by atoms with Crippen molar-refractivity contribution in [3.8, 4) is 34.3 Å². The molecule has 0 saturated heterocycles. The van der Waals surface area contributed by atoms with E-state index >= 15 is 0 Å². The molecule has 10 heteroatoms. The fourth-order valence-electron chi connectivity index (χ4n) is 3.68. The molecule has 4 rings (SSSR count). The molecular weight excluding hydrogens is 470 g/mol. The first-order chi connectivity index (χ1) is 16.6. The van der Waals surface area contributed by atoms with Gasteiger partial charge in [0.1, 0.15) is 21.1 Å². The highest BCUT2D eigenvalue weighted by molar-refractivity contribution is 7.90. The summed E-state index contributed by atoms with van der Waals surface area (Å²) in [5.74, 6) is 0.311. The summed E-state index contributed by atoms with van der Waals surface area (Å²) in [7, 11) is -3.17. The lowest BCUT2D eigenvalue weighted by Gasteiger charge is -2.22. The van der Waals surface area contributed by atoms with Crippen molar-refractivity contribution in [2.45, 2.75) is 32.3 Å². The number of aromatic nitrogens is 3. The number of benzene rings is 2. The number of sulfone groups is 1. The van der Waals surface area contributed by atoms with Gasteiger partial charge in [-0.3, -0.25) is 4.79 Å². The molecule has 9 nitrogen and oxygen atoms in total. The number of carbonyl (C=O) groups is 1. The molecule has 0 spiro atoms. The first-order valence-electron chi connectivity index (χ1n) is 11.0. The fraction of sp³-hybridized carbons (Fsp3) is 0.280. The van der Waals surface area contributed by atoms with Crippen LogP contribution in [0.2, 0.25) is 0 Å². The summed E-state index contributed by atoms with van der Waals surface area (Å²) in [5.41, 5.74) is 1.62. The van der Waals surface area contributed by atoms with Crippen molar-refractivity contribution < 1.29 is 27.4 Å². The monoisotopic (exact) mass is 495 g/mol. The van der Waals surface area contributed by atoms with Gasteiger partial charge in [-0.15, -0.1) is 0 Å². The first-order valence-corrected chi connectivity index (χ1v) is 13.0. The third kappa shape index (κ3) is 5.39. The molecule has 0 amide bonds. The molecule has 35 heavy (non-hydrogen) atoms. The summed E-state index contributed by atoms with van der Waals surface area (Å²) >= 11 is 0. The van der Waals surface area contributed by atoms with E-state index in [-0.39, 0.29) is 24.5 Å². The second-order valence-electron chi connectivity index (χ2n) is 8.58. The molecule has 2 aromatic heterocycles. The molecule has 4 aromatic rings. The van der Waals surface area contributed by atoms with Gasteiger partial charge >= 0.3 is 0 Å². The Morgan fingerprint density at radius 2 is 1.69 bits per heavy atom. The van der Waals surface area contributed by atoms with E-state index in [0.29, 0.717) is 28.4 Å². The topological polar surface area (TPSA) is 136 Å². The lowest BCUT2D eigenvalue weighted by Crippen LogP contribution is -2.32. The molecule has 0 radical (unpaired) electrons. The van der Waals surface area contributed by atoms with Gasteiger partial charge in [-0.05, 0) is 25.8 Å². The fourth-order valence-corrected chi connectivity index (χ4v) is 4.35. The molecule has 0 aliphatic heterocycles. The standard InChI is InChI=1S/C25H25N3O6S/c1-16-21(17-8-5-4-6-9-17)27-33-22(16)24-26-23(28-34-24)18-11-13-19(14-12-18)25(2,30)20(29)10-7-15-35(3,31)32/h4-6,8-9,11-14,30H,7,10,15H2,1-3H3. The molecule has 0 saturated carbocycles. The average molecular weight is 496 g/mol. The van der Waals surface area contributed by atoms with E-state index in [4.69, 9.17) is 9.05 Å². The van der Waals surface area contributed by atoms with E-state index in [0.717, 1.165) is 17.4 Å². The molecule has 2 aromatic carbocycles. The smallest absolute Gasteiger partial charge is 0.297 e. The highest BCUT2D eigenvalue weighted by atomic mass is 32.2. The van der Waals surface area contributed by atoms with Crippen LogP contribution in [0.15, 0.2) is 63.6 Å². The number of hydrogen-bond acceptors (Lipinski definition) is 9. The Bertz CT molecular complexity index is 1440. The van der Waals surface area contributed by atoms with Crippen LogP contribution in [0.1, 0.15) is 30.9 Å². The second kappa shape index (κ2) is 9.55. The van der Waals surface area contributed by atoms with Crippen LogP contribution in [0.5, 0.6) is 0 Å².